The van der Waals surface area contributed by atoms with Crippen molar-refractivity contribution in [1.29, 1.82) is 10.8 Å². The number of hydrogen-bond donors (Lipinski definition) is 2. The van der Waals surface area contributed by atoms with E-state index in [2.05, 4.69) is 4.74 Å². The monoisotopic (exact) mass is 419 g/mol. The summed E-state index contributed by atoms with van der Waals surface area (Å²) in [6.07, 6.45) is -3.11. The molecule has 1 aliphatic heterocycles. The van der Waals surface area contributed by atoms with Gasteiger partial charge in [-0.3, -0.25) is 15.6 Å². The molecule has 5 nitrogen and oxygen atoms in total. The largest absolute Gasteiger partial charge is 0.419 e. The Balaban J connectivity index is 1.64. The van der Waals surface area contributed by atoms with Crippen molar-refractivity contribution in [3.8, 4) is 11.1 Å². The second kappa shape index (κ2) is 8.10. The molecule has 2 N–H and O–H groups in total. The van der Waals surface area contributed by atoms with E-state index in [-0.39, 0.29) is 11.5 Å². The number of aryl methyl sites for hydroxylation is 1. The summed E-state index contributed by atoms with van der Waals surface area (Å²) in [5.41, 5.74) is 5.13. The van der Waals surface area contributed by atoms with Gasteiger partial charge in [0, 0.05) is 16.7 Å². The van der Waals surface area contributed by atoms with E-state index in [4.69, 9.17) is 10.8 Å². The second-order valence-corrected chi connectivity index (χ2v) is 7.24. The smallest absolute Gasteiger partial charge is 0.312 e. The first-order valence-electron chi connectivity index (χ1n) is 9.59. The Morgan fingerprint density at radius 2 is 1.71 bits per heavy atom. The van der Waals surface area contributed by atoms with Gasteiger partial charge in [0.2, 0.25) is 5.90 Å². The molecule has 0 aromatic heterocycles. The zero-order valence-electron chi connectivity index (χ0n) is 16.7. The molecule has 4 rings (SSSR count). The number of para-hydroxylation sites is 1. The fourth-order valence-electron chi connectivity index (χ4n) is 3.54. The van der Waals surface area contributed by atoms with Crippen molar-refractivity contribution in [2.24, 2.45) is 0 Å². The molecular weight excluding hydrogens is 400 g/mol. The summed E-state index contributed by atoms with van der Waals surface area (Å²) in [4.78, 5) is 14.9. The highest BCUT2D eigenvalue weighted by atomic mass is 19.3. The third kappa shape index (κ3) is 3.94. The maximum Gasteiger partial charge on any atom is 0.312 e. The summed E-state index contributed by atoms with van der Waals surface area (Å²) in [7, 11) is 0. The number of halogens is 2. The van der Waals surface area contributed by atoms with Gasteiger partial charge in [0.1, 0.15) is 0 Å². The van der Waals surface area contributed by atoms with Gasteiger partial charge in [0.15, 0.2) is 0 Å². The van der Waals surface area contributed by atoms with E-state index in [1.807, 2.05) is 55.5 Å². The molecule has 0 aliphatic carbocycles. The standard InChI is InChI=1S/C24H19F2N3O2/c1-14-6-8-15(9-7-14)18-4-2-3-5-20(18)29-13-17-11-10-16(12-19(17)24(29)30)22(27)31-23(28)21(25)26/h2-12,21,27-28H,13H2,1H3. The quantitative estimate of drug-likeness (QED) is 0.438. The van der Waals surface area contributed by atoms with Crippen molar-refractivity contribution >= 4 is 23.4 Å². The number of carbonyl (C=O) groups excluding carboxylic acids is 1. The summed E-state index contributed by atoms with van der Waals surface area (Å²) < 4.78 is 29.6. The van der Waals surface area contributed by atoms with Gasteiger partial charge in [-0.15, -0.1) is 0 Å². The van der Waals surface area contributed by atoms with Crippen LogP contribution in [0.2, 0.25) is 0 Å². The van der Waals surface area contributed by atoms with Gasteiger partial charge in [0.25, 0.3) is 11.8 Å². The minimum Gasteiger partial charge on any atom is -0.419 e. The molecule has 31 heavy (non-hydrogen) atoms. The number of anilines is 1. The van der Waals surface area contributed by atoms with Crippen LogP contribution in [0.15, 0.2) is 66.7 Å². The lowest BCUT2D eigenvalue weighted by atomic mass is 10.0. The molecule has 0 spiro atoms. The predicted octanol–water partition coefficient (Wildman–Crippen LogP) is 5.41. The summed E-state index contributed by atoms with van der Waals surface area (Å²) in [5.74, 6) is -2.14. The molecule has 1 aliphatic rings. The van der Waals surface area contributed by atoms with Crippen molar-refractivity contribution in [3.63, 3.8) is 0 Å². The Bertz CT molecular complexity index is 1190. The molecule has 0 radical (unpaired) electrons. The van der Waals surface area contributed by atoms with Crippen LogP contribution in [0, 0.1) is 17.7 Å². The first kappa shape index (κ1) is 20.4. The molecule has 0 fully saturated rings. The van der Waals surface area contributed by atoms with Crippen LogP contribution in [-0.2, 0) is 11.3 Å². The Hall–Kier alpha value is -3.87. The third-order valence-corrected chi connectivity index (χ3v) is 5.14. The maximum atomic E-state index is 13.2. The number of ether oxygens (including phenoxy) is 1. The Morgan fingerprint density at radius 3 is 2.42 bits per heavy atom. The van der Waals surface area contributed by atoms with E-state index < -0.39 is 18.2 Å². The highest BCUT2D eigenvalue weighted by Crippen LogP contribution is 2.36. The van der Waals surface area contributed by atoms with E-state index >= 15 is 0 Å². The summed E-state index contributed by atoms with van der Waals surface area (Å²) >= 11 is 0. The summed E-state index contributed by atoms with van der Waals surface area (Å²) in [5, 5.41) is 14.9. The highest BCUT2D eigenvalue weighted by Gasteiger charge is 2.31. The fraction of sp³-hybridized carbons (Fsp3) is 0.125. The average molecular weight is 419 g/mol. The molecule has 3 aromatic carbocycles. The van der Waals surface area contributed by atoms with Crippen molar-refractivity contribution in [1.82, 2.24) is 0 Å². The van der Waals surface area contributed by atoms with Crippen LogP contribution in [0.25, 0.3) is 11.1 Å². The van der Waals surface area contributed by atoms with Crippen molar-refractivity contribution in [3.05, 3.63) is 89.0 Å². The summed E-state index contributed by atoms with van der Waals surface area (Å²) in [6, 6.07) is 20.3. The van der Waals surface area contributed by atoms with E-state index in [1.54, 1.807) is 11.0 Å². The Labute approximate surface area is 177 Å². The van der Waals surface area contributed by atoms with Gasteiger partial charge in [-0.2, -0.15) is 8.78 Å². The van der Waals surface area contributed by atoms with Gasteiger partial charge >= 0.3 is 6.43 Å². The van der Waals surface area contributed by atoms with E-state index in [9.17, 15) is 13.6 Å². The lowest BCUT2D eigenvalue weighted by molar-refractivity contribution is 0.0996. The highest BCUT2D eigenvalue weighted by molar-refractivity contribution is 6.13. The zero-order valence-corrected chi connectivity index (χ0v) is 16.7. The number of nitrogens with zero attached hydrogens (tertiary/aromatic N) is 1. The van der Waals surface area contributed by atoms with Gasteiger partial charge in [0.05, 0.1) is 12.2 Å². The zero-order chi connectivity index (χ0) is 22.1. The molecular formula is C24H19F2N3O2. The number of fused-ring (bicyclic) bond motifs is 1. The van der Waals surface area contributed by atoms with Gasteiger partial charge in [-0.25, -0.2) is 0 Å². The number of carbonyl (C=O) groups is 1. The van der Waals surface area contributed by atoms with E-state index in [0.717, 1.165) is 27.9 Å². The molecule has 0 saturated carbocycles. The lowest BCUT2D eigenvalue weighted by Crippen LogP contribution is -2.23. The minimum absolute atomic E-state index is 0.158. The molecule has 0 saturated heterocycles. The van der Waals surface area contributed by atoms with E-state index in [0.29, 0.717) is 12.1 Å². The molecule has 1 amide bonds. The number of nitrogens with one attached hydrogen (secondary N) is 2. The molecule has 0 atom stereocenters. The number of hydrogen-bond acceptors (Lipinski definition) is 4. The van der Waals surface area contributed by atoms with Crippen LogP contribution in [0.3, 0.4) is 0 Å². The van der Waals surface area contributed by atoms with Gasteiger partial charge < -0.3 is 9.64 Å². The molecule has 3 aromatic rings. The lowest BCUT2D eigenvalue weighted by Gasteiger charge is -2.20. The van der Waals surface area contributed by atoms with Crippen molar-refractivity contribution < 1.29 is 18.3 Å². The first-order valence-corrected chi connectivity index (χ1v) is 9.59. The fourth-order valence-corrected chi connectivity index (χ4v) is 3.54. The number of amides is 1. The molecule has 0 bridgehead atoms. The Morgan fingerprint density at radius 1 is 1.00 bits per heavy atom. The van der Waals surface area contributed by atoms with Gasteiger partial charge in [-0.1, -0.05) is 54.1 Å². The average Bonchev–Trinajstić information content (AvgIpc) is 3.10. The van der Waals surface area contributed by atoms with Crippen molar-refractivity contribution in [2.75, 3.05) is 4.90 Å². The second-order valence-electron chi connectivity index (χ2n) is 7.24. The van der Waals surface area contributed by atoms with Crippen LogP contribution in [0.4, 0.5) is 14.5 Å². The number of rotatable bonds is 4. The van der Waals surface area contributed by atoms with Gasteiger partial charge in [-0.05, 0) is 36.2 Å². The Kier molecular flexibility index (Phi) is 5.33. The van der Waals surface area contributed by atoms with E-state index in [1.165, 1.54) is 12.1 Å². The topological polar surface area (TPSA) is 77.2 Å². The van der Waals surface area contributed by atoms with Crippen LogP contribution in [0.5, 0.6) is 0 Å². The minimum atomic E-state index is -3.11. The van der Waals surface area contributed by atoms with Crippen LogP contribution >= 0.6 is 0 Å². The number of benzene rings is 3. The normalized spacial score (nSPS) is 12.8. The summed E-state index contributed by atoms with van der Waals surface area (Å²) in [6.45, 7) is 2.37. The van der Waals surface area contributed by atoms with Crippen LogP contribution in [0.1, 0.15) is 27.0 Å². The molecule has 0 unspecified atom stereocenters. The van der Waals surface area contributed by atoms with Crippen LogP contribution < -0.4 is 4.90 Å². The molecule has 7 heteroatoms. The first-order chi connectivity index (χ1) is 14.8. The third-order valence-electron chi connectivity index (χ3n) is 5.14. The molecule has 1 heterocycles. The number of alkyl halides is 2. The molecule has 156 valence electrons. The predicted molar refractivity (Wildman–Crippen MR) is 115 cm³/mol. The SMILES string of the molecule is Cc1ccc(-c2ccccc2N2Cc3ccc(C(=N)OC(=N)C(F)F)cc3C2=O)cc1. The van der Waals surface area contributed by atoms with Crippen LogP contribution in [-0.4, -0.2) is 24.1 Å². The van der Waals surface area contributed by atoms with Crippen molar-refractivity contribution in [2.45, 2.75) is 19.9 Å². The maximum absolute atomic E-state index is 13.2.